The molecular formula is C10H16BrNO4. The Morgan fingerprint density at radius 2 is 2.31 bits per heavy atom. The number of carbonyl (C=O) groups excluding carboxylic acids is 2. The lowest BCUT2D eigenvalue weighted by Crippen LogP contribution is -2.39. The average Bonchev–Trinajstić information content (AvgIpc) is 2.70. The van der Waals surface area contributed by atoms with E-state index in [-0.39, 0.29) is 24.5 Å². The van der Waals surface area contributed by atoms with Gasteiger partial charge in [0.15, 0.2) is 0 Å². The molecule has 1 heterocycles. The SMILES string of the molecule is COC(=O)C(Br)CNC(=O)C1CCOC1C. The van der Waals surface area contributed by atoms with Crippen molar-refractivity contribution in [2.45, 2.75) is 24.3 Å². The summed E-state index contributed by atoms with van der Waals surface area (Å²) in [6.45, 7) is 2.73. The van der Waals surface area contributed by atoms with Gasteiger partial charge in [-0.05, 0) is 13.3 Å². The molecule has 0 aromatic rings. The molecule has 3 atom stereocenters. The summed E-state index contributed by atoms with van der Waals surface area (Å²) < 4.78 is 9.83. The standard InChI is InChI=1S/C10H16BrNO4/c1-6-7(3-4-16-6)9(13)12-5-8(11)10(14)15-2/h6-8H,3-5H2,1-2H3,(H,12,13). The van der Waals surface area contributed by atoms with Crippen LogP contribution in [0.3, 0.4) is 0 Å². The maximum Gasteiger partial charge on any atom is 0.321 e. The van der Waals surface area contributed by atoms with Crippen LogP contribution in [0.4, 0.5) is 0 Å². The second-order valence-electron chi connectivity index (χ2n) is 3.71. The van der Waals surface area contributed by atoms with Crippen LogP contribution in [0.1, 0.15) is 13.3 Å². The van der Waals surface area contributed by atoms with Crippen LogP contribution in [-0.4, -0.2) is 43.1 Å². The highest BCUT2D eigenvalue weighted by atomic mass is 79.9. The number of amides is 1. The molecule has 1 saturated heterocycles. The molecule has 1 aliphatic rings. The monoisotopic (exact) mass is 293 g/mol. The highest BCUT2D eigenvalue weighted by Crippen LogP contribution is 2.20. The lowest BCUT2D eigenvalue weighted by atomic mass is 10.0. The molecule has 1 amide bonds. The Labute approximate surface area is 103 Å². The van der Waals surface area contributed by atoms with E-state index >= 15 is 0 Å². The fraction of sp³-hybridized carbons (Fsp3) is 0.800. The number of nitrogens with one attached hydrogen (secondary N) is 1. The molecule has 0 saturated carbocycles. The van der Waals surface area contributed by atoms with Gasteiger partial charge in [-0.2, -0.15) is 0 Å². The molecular weight excluding hydrogens is 278 g/mol. The van der Waals surface area contributed by atoms with Crippen molar-refractivity contribution < 1.29 is 19.1 Å². The van der Waals surface area contributed by atoms with E-state index < -0.39 is 10.8 Å². The smallest absolute Gasteiger partial charge is 0.321 e. The molecule has 0 bridgehead atoms. The first-order chi connectivity index (χ1) is 7.56. The van der Waals surface area contributed by atoms with Crippen LogP contribution in [0.2, 0.25) is 0 Å². The van der Waals surface area contributed by atoms with Gasteiger partial charge in [0.1, 0.15) is 4.83 Å². The van der Waals surface area contributed by atoms with Gasteiger partial charge >= 0.3 is 5.97 Å². The third-order valence-electron chi connectivity index (χ3n) is 2.63. The van der Waals surface area contributed by atoms with Crippen molar-refractivity contribution in [3.05, 3.63) is 0 Å². The van der Waals surface area contributed by atoms with Crippen molar-refractivity contribution in [3.8, 4) is 0 Å². The molecule has 5 nitrogen and oxygen atoms in total. The van der Waals surface area contributed by atoms with Gasteiger partial charge in [0.05, 0.1) is 19.1 Å². The van der Waals surface area contributed by atoms with E-state index in [0.29, 0.717) is 6.61 Å². The average molecular weight is 294 g/mol. The first-order valence-electron chi connectivity index (χ1n) is 5.17. The Morgan fingerprint density at radius 1 is 1.62 bits per heavy atom. The number of hydrogen-bond donors (Lipinski definition) is 1. The number of hydrogen-bond acceptors (Lipinski definition) is 4. The number of methoxy groups -OCH3 is 1. The molecule has 1 N–H and O–H groups in total. The van der Waals surface area contributed by atoms with E-state index in [9.17, 15) is 9.59 Å². The van der Waals surface area contributed by atoms with Crippen LogP contribution >= 0.6 is 15.9 Å². The zero-order valence-electron chi connectivity index (χ0n) is 9.36. The summed E-state index contributed by atoms with van der Waals surface area (Å²) in [7, 11) is 1.31. The van der Waals surface area contributed by atoms with Gasteiger partial charge in [-0.25, -0.2) is 0 Å². The van der Waals surface area contributed by atoms with Gasteiger partial charge in [0.25, 0.3) is 0 Å². The second-order valence-corrected chi connectivity index (χ2v) is 4.81. The first-order valence-corrected chi connectivity index (χ1v) is 6.09. The fourth-order valence-corrected chi connectivity index (χ4v) is 1.96. The minimum atomic E-state index is -0.501. The zero-order valence-corrected chi connectivity index (χ0v) is 11.0. The number of carbonyl (C=O) groups is 2. The molecule has 6 heteroatoms. The summed E-state index contributed by atoms with van der Waals surface area (Å²) in [5.74, 6) is -0.577. The number of halogens is 1. The Bertz CT molecular complexity index is 272. The van der Waals surface area contributed by atoms with Crippen molar-refractivity contribution >= 4 is 27.8 Å². The highest BCUT2D eigenvalue weighted by molar-refractivity contribution is 9.10. The summed E-state index contributed by atoms with van der Waals surface area (Å²) in [5, 5.41) is 2.70. The van der Waals surface area contributed by atoms with Crippen LogP contribution in [0.5, 0.6) is 0 Å². The number of rotatable bonds is 4. The van der Waals surface area contributed by atoms with Gasteiger partial charge in [-0.1, -0.05) is 15.9 Å². The van der Waals surface area contributed by atoms with Crippen LogP contribution in [0.15, 0.2) is 0 Å². The Morgan fingerprint density at radius 3 is 2.81 bits per heavy atom. The quantitative estimate of drug-likeness (QED) is 0.604. The van der Waals surface area contributed by atoms with E-state index in [2.05, 4.69) is 26.0 Å². The third-order valence-corrected chi connectivity index (χ3v) is 3.32. The Hall–Kier alpha value is -0.620. The fourth-order valence-electron chi connectivity index (χ4n) is 1.61. The lowest BCUT2D eigenvalue weighted by molar-refractivity contribution is -0.139. The molecule has 16 heavy (non-hydrogen) atoms. The molecule has 92 valence electrons. The van der Waals surface area contributed by atoms with Crippen molar-refractivity contribution in [2.75, 3.05) is 20.3 Å². The molecule has 0 aromatic carbocycles. The van der Waals surface area contributed by atoms with Gasteiger partial charge in [-0.15, -0.1) is 0 Å². The molecule has 3 unspecified atom stereocenters. The predicted octanol–water partition coefficient (Wildman–Crippen LogP) is 0.464. The lowest BCUT2D eigenvalue weighted by Gasteiger charge is -2.15. The molecule has 0 spiro atoms. The summed E-state index contributed by atoms with van der Waals surface area (Å²) in [4.78, 5) is 22.3. The summed E-state index contributed by atoms with van der Waals surface area (Å²) in [5.41, 5.74) is 0. The van der Waals surface area contributed by atoms with Crippen LogP contribution in [-0.2, 0) is 19.1 Å². The molecule has 0 aromatic heterocycles. The van der Waals surface area contributed by atoms with Crippen molar-refractivity contribution in [1.29, 1.82) is 0 Å². The van der Waals surface area contributed by atoms with Crippen molar-refractivity contribution in [3.63, 3.8) is 0 Å². The number of esters is 1. The highest BCUT2D eigenvalue weighted by Gasteiger charge is 2.31. The van der Waals surface area contributed by atoms with Crippen molar-refractivity contribution in [2.24, 2.45) is 5.92 Å². The molecule has 0 aliphatic carbocycles. The van der Waals surface area contributed by atoms with Gasteiger partial charge in [0.2, 0.25) is 5.91 Å². The molecule has 0 radical (unpaired) electrons. The van der Waals surface area contributed by atoms with Crippen LogP contribution in [0, 0.1) is 5.92 Å². The summed E-state index contributed by atoms with van der Waals surface area (Å²) >= 11 is 3.14. The summed E-state index contributed by atoms with van der Waals surface area (Å²) in [6, 6.07) is 0. The third kappa shape index (κ3) is 3.45. The van der Waals surface area contributed by atoms with E-state index in [1.54, 1.807) is 0 Å². The van der Waals surface area contributed by atoms with Gasteiger partial charge < -0.3 is 14.8 Å². The Kier molecular flexibility index (Phi) is 5.21. The number of alkyl halides is 1. The molecule has 1 aliphatic heterocycles. The Balaban J connectivity index is 2.32. The zero-order chi connectivity index (χ0) is 12.1. The van der Waals surface area contributed by atoms with Gasteiger partial charge in [0, 0.05) is 13.2 Å². The van der Waals surface area contributed by atoms with Crippen LogP contribution < -0.4 is 5.32 Å². The second kappa shape index (κ2) is 6.20. The normalized spacial score (nSPS) is 26.2. The maximum absolute atomic E-state index is 11.7. The first kappa shape index (κ1) is 13.4. The van der Waals surface area contributed by atoms with E-state index in [4.69, 9.17) is 4.74 Å². The van der Waals surface area contributed by atoms with E-state index in [1.807, 2.05) is 6.92 Å². The minimum absolute atomic E-state index is 0.0492. The largest absolute Gasteiger partial charge is 0.468 e. The van der Waals surface area contributed by atoms with E-state index in [1.165, 1.54) is 7.11 Å². The summed E-state index contributed by atoms with van der Waals surface area (Å²) in [6.07, 6.45) is 0.685. The minimum Gasteiger partial charge on any atom is -0.468 e. The van der Waals surface area contributed by atoms with Gasteiger partial charge in [-0.3, -0.25) is 9.59 Å². The molecule has 1 fully saturated rings. The maximum atomic E-state index is 11.7. The molecule has 1 rings (SSSR count). The van der Waals surface area contributed by atoms with Crippen LogP contribution in [0.25, 0.3) is 0 Å². The van der Waals surface area contributed by atoms with Crippen molar-refractivity contribution in [1.82, 2.24) is 5.32 Å². The topological polar surface area (TPSA) is 64.6 Å². The number of ether oxygens (including phenoxy) is 2. The predicted molar refractivity (Wildman–Crippen MR) is 61.3 cm³/mol. The van der Waals surface area contributed by atoms with E-state index in [0.717, 1.165) is 6.42 Å².